The maximum atomic E-state index is 13.1. The summed E-state index contributed by atoms with van der Waals surface area (Å²) < 4.78 is 0. The van der Waals surface area contributed by atoms with E-state index in [1.54, 1.807) is 32.3 Å². The molecule has 0 aromatic heterocycles. The van der Waals surface area contributed by atoms with Crippen molar-refractivity contribution in [1.82, 2.24) is 10.3 Å². The molecule has 0 bridgehead atoms. The summed E-state index contributed by atoms with van der Waals surface area (Å²) in [4.78, 5) is 26.9. The number of hydrogen-bond acceptors (Lipinski definition) is 4. The van der Waals surface area contributed by atoms with Gasteiger partial charge in [0.1, 0.15) is 0 Å². The van der Waals surface area contributed by atoms with Gasteiger partial charge in [0.05, 0.1) is 5.57 Å². The molecule has 5 heteroatoms. The van der Waals surface area contributed by atoms with Crippen molar-refractivity contribution in [2.75, 3.05) is 14.1 Å². The van der Waals surface area contributed by atoms with E-state index in [0.717, 1.165) is 35.2 Å². The molecule has 0 radical (unpaired) electrons. The Kier molecular flexibility index (Phi) is 4.65. The van der Waals surface area contributed by atoms with Crippen LogP contribution in [0.15, 0.2) is 58.4 Å². The second-order valence-electron chi connectivity index (χ2n) is 6.33. The zero-order valence-electron chi connectivity index (χ0n) is 14.5. The molecule has 1 N–H and O–H groups in total. The molecular formula is C20H21N3O2. The highest BCUT2D eigenvalue weighted by molar-refractivity contribution is 6.32. The molecule has 0 unspecified atom stereocenters. The number of benzene rings is 1. The lowest BCUT2D eigenvalue weighted by atomic mass is 9.80. The fourth-order valence-corrected chi connectivity index (χ4v) is 3.24. The van der Waals surface area contributed by atoms with Gasteiger partial charge < -0.3 is 4.90 Å². The summed E-state index contributed by atoms with van der Waals surface area (Å²) in [5.74, 6) is -0.127. The van der Waals surface area contributed by atoms with Crippen LogP contribution in [0.3, 0.4) is 0 Å². The second kappa shape index (κ2) is 6.89. The van der Waals surface area contributed by atoms with Gasteiger partial charge in [-0.15, -0.1) is 0 Å². The van der Waals surface area contributed by atoms with E-state index in [4.69, 9.17) is 0 Å². The summed E-state index contributed by atoms with van der Waals surface area (Å²) in [5, 5.41) is 3.76. The van der Waals surface area contributed by atoms with Crippen LogP contribution in [0.4, 0.5) is 0 Å². The minimum atomic E-state index is -0.0977. The first-order valence-corrected chi connectivity index (χ1v) is 8.24. The van der Waals surface area contributed by atoms with Gasteiger partial charge in [-0.25, -0.2) is 0 Å². The van der Waals surface area contributed by atoms with Gasteiger partial charge in [0.25, 0.3) is 5.91 Å². The van der Waals surface area contributed by atoms with Gasteiger partial charge in [-0.1, -0.05) is 24.3 Å². The third kappa shape index (κ3) is 3.18. The molecule has 0 heterocycles. The summed E-state index contributed by atoms with van der Waals surface area (Å²) >= 11 is 0. The first-order chi connectivity index (χ1) is 12.0. The molecule has 1 aromatic carbocycles. The van der Waals surface area contributed by atoms with Crippen LogP contribution in [-0.2, 0) is 4.79 Å². The average molecular weight is 335 g/mol. The van der Waals surface area contributed by atoms with E-state index in [1.165, 1.54) is 4.90 Å². The number of fused-ring (bicyclic) bond motifs is 1. The zero-order valence-corrected chi connectivity index (χ0v) is 14.5. The Labute approximate surface area is 147 Å². The normalized spacial score (nSPS) is 16.6. The summed E-state index contributed by atoms with van der Waals surface area (Å²) in [5.41, 5.74) is 7.22. The molecule has 25 heavy (non-hydrogen) atoms. The van der Waals surface area contributed by atoms with E-state index >= 15 is 0 Å². The third-order valence-corrected chi connectivity index (χ3v) is 4.41. The zero-order chi connectivity index (χ0) is 18.0. The average Bonchev–Trinajstić information content (AvgIpc) is 2.61. The van der Waals surface area contributed by atoms with E-state index < -0.39 is 0 Å². The standard InChI is InChI=1S/C20H21N3O2/c1-21-22-17-12-13-7-4-5-10-16(13)19(24)18(17)14-8-6-9-15(11-14)20(25)23(2)3/h6-11,22H,1,4-5,12H2,2-3H3. The second-order valence-corrected chi connectivity index (χ2v) is 6.33. The Bertz CT molecular complexity index is 844. The Morgan fingerprint density at radius 2 is 2.00 bits per heavy atom. The molecule has 1 aromatic rings. The lowest BCUT2D eigenvalue weighted by molar-refractivity contribution is -0.110. The molecule has 2 aliphatic rings. The molecule has 0 saturated carbocycles. The van der Waals surface area contributed by atoms with Crippen molar-refractivity contribution in [3.63, 3.8) is 0 Å². The number of hydrogen-bond donors (Lipinski definition) is 1. The number of nitrogens with zero attached hydrogens (tertiary/aromatic N) is 2. The maximum Gasteiger partial charge on any atom is 0.253 e. The number of hydrazone groups is 1. The van der Waals surface area contributed by atoms with Crippen LogP contribution in [0.25, 0.3) is 5.57 Å². The molecule has 0 atom stereocenters. The smallest absolute Gasteiger partial charge is 0.253 e. The van der Waals surface area contributed by atoms with Crippen LogP contribution in [0.5, 0.6) is 0 Å². The molecule has 0 fully saturated rings. The van der Waals surface area contributed by atoms with Crippen LogP contribution in [0.2, 0.25) is 0 Å². The Balaban J connectivity index is 2.12. The number of Topliss-reactive ketones (excluding diaryl/α,β-unsaturated/α-hetero) is 1. The Morgan fingerprint density at radius 3 is 2.72 bits per heavy atom. The van der Waals surface area contributed by atoms with Crippen molar-refractivity contribution in [2.24, 2.45) is 5.10 Å². The predicted molar refractivity (Wildman–Crippen MR) is 99.1 cm³/mol. The number of carbonyl (C=O) groups excluding carboxylic acids is 2. The van der Waals surface area contributed by atoms with Gasteiger partial charge in [0.15, 0.2) is 5.78 Å². The van der Waals surface area contributed by atoms with Gasteiger partial charge in [0, 0.05) is 44.1 Å². The molecule has 0 saturated heterocycles. The summed E-state index contributed by atoms with van der Waals surface area (Å²) in [6.45, 7) is 3.48. The molecule has 128 valence electrons. The van der Waals surface area contributed by atoms with Crippen molar-refractivity contribution in [3.8, 4) is 0 Å². The van der Waals surface area contributed by atoms with Crippen LogP contribution in [0, 0.1) is 0 Å². The highest BCUT2D eigenvalue weighted by Crippen LogP contribution is 2.37. The number of amides is 1. The van der Waals surface area contributed by atoms with E-state index in [9.17, 15) is 9.59 Å². The lowest BCUT2D eigenvalue weighted by Gasteiger charge is -2.26. The van der Waals surface area contributed by atoms with Crippen molar-refractivity contribution in [3.05, 3.63) is 64.4 Å². The third-order valence-electron chi connectivity index (χ3n) is 4.41. The highest BCUT2D eigenvalue weighted by atomic mass is 16.2. The maximum absolute atomic E-state index is 13.1. The van der Waals surface area contributed by atoms with Crippen molar-refractivity contribution in [1.29, 1.82) is 0 Å². The van der Waals surface area contributed by atoms with Crippen LogP contribution >= 0.6 is 0 Å². The fourth-order valence-electron chi connectivity index (χ4n) is 3.24. The van der Waals surface area contributed by atoms with Crippen molar-refractivity contribution >= 4 is 24.0 Å². The molecule has 1 amide bonds. The molecular weight excluding hydrogens is 314 g/mol. The van der Waals surface area contributed by atoms with Gasteiger partial charge in [0.2, 0.25) is 0 Å². The van der Waals surface area contributed by atoms with E-state index in [0.29, 0.717) is 17.6 Å². The monoisotopic (exact) mass is 335 g/mol. The molecule has 0 aliphatic heterocycles. The van der Waals surface area contributed by atoms with Gasteiger partial charge >= 0.3 is 0 Å². The first-order valence-electron chi connectivity index (χ1n) is 8.24. The van der Waals surface area contributed by atoms with Gasteiger partial charge in [-0.2, -0.15) is 5.10 Å². The number of carbonyl (C=O) groups is 2. The van der Waals surface area contributed by atoms with Crippen LogP contribution in [-0.4, -0.2) is 37.4 Å². The van der Waals surface area contributed by atoms with E-state index in [1.807, 2.05) is 12.1 Å². The Morgan fingerprint density at radius 1 is 1.24 bits per heavy atom. The first kappa shape index (κ1) is 16.9. The van der Waals surface area contributed by atoms with E-state index in [-0.39, 0.29) is 11.7 Å². The summed E-state index contributed by atoms with van der Waals surface area (Å²) in [6.07, 6.45) is 6.55. The number of nitrogens with one attached hydrogen (secondary N) is 1. The fraction of sp³-hybridized carbons (Fsp3) is 0.250. The minimum Gasteiger partial charge on any atom is -0.345 e. The van der Waals surface area contributed by atoms with Crippen molar-refractivity contribution in [2.45, 2.75) is 19.3 Å². The van der Waals surface area contributed by atoms with Crippen molar-refractivity contribution < 1.29 is 9.59 Å². The number of allylic oxidation sites excluding steroid dienone is 5. The van der Waals surface area contributed by atoms with Crippen LogP contribution in [0.1, 0.15) is 35.2 Å². The molecule has 2 aliphatic carbocycles. The van der Waals surface area contributed by atoms with Crippen LogP contribution < -0.4 is 5.43 Å². The molecule has 5 nitrogen and oxygen atoms in total. The van der Waals surface area contributed by atoms with Gasteiger partial charge in [-0.05, 0) is 36.1 Å². The minimum absolute atomic E-state index is 0.0298. The molecule has 3 rings (SSSR count). The predicted octanol–water partition coefficient (Wildman–Crippen LogP) is 2.92. The number of ketones is 1. The largest absolute Gasteiger partial charge is 0.345 e. The van der Waals surface area contributed by atoms with E-state index in [2.05, 4.69) is 23.3 Å². The molecule has 0 spiro atoms. The highest BCUT2D eigenvalue weighted by Gasteiger charge is 2.30. The number of rotatable bonds is 4. The summed E-state index contributed by atoms with van der Waals surface area (Å²) in [7, 11) is 3.41. The lowest BCUT2D eigenvalue weighted by Crippen LogP contribution is -2.24. The topological polar surface area (TPSA) is 61.8 Å². The Hall–Kier alpha value is -2.95. The van der Waals surface area contributed by atoms with Gasteiger partial charge in [-0.3, -0.25) is 15.0 Å². The summed E-state index contributed by atoms with van der Waals surface area (Å²) in [6, 6.07) is 7.16. The SMILES string of the molecule is C=NNC1=C(c2cccc(C(=O)N(C)C)c2)C(=O)C2=CCCC=C2C1. The quantitative estimate of drug-likeness (QED) is 0.680.